The summed E-state index contributed by atoms with van der Waals surface area (Å²) in [5.41, 5.74) is 0. The predicted octanol–water partition coefficient (Wildman–Crippen LogP) is -2.39. The summed E-state index contributed by atoms with van der Waals surface area (Å²) in [6, 6.07) is 3.27. The van der Waals surface area contributed by atoms with Gasteiger partial charge in [0.15, 0.2) is 12.4 Å². The number of nitrogens with zero attached hydrogens (tertiary/aromatic N) is 1. The van der Waals surface area contributed by atoms with Gasteiger partial charge in [0.1, 0.15) is 0 Å². The summed E-state index contributed by atoms with van der Waals surface area (Å²) in [5.74, 6) is 0. The Hall–Kier alpha value is 0.300. The molecule has 0 aromatic carbocycles. The van der Waals surface area contributed by atoms with Crippen molar-refractivity contribution in [1.29, 1.82) is 0 Å². The quantitative estimate of drug-likeness (QED) is 0.190. The summed E-state index contributed by atoms with van der Waals surface area (Å²) in [7, 11) is 0. The maximum absolute atomic E-state index is 10.3. The Morgan fingerprint density at radius 1 is 1.33 bits per heavy atom. The third-order valence-corrected chi connectivity index (χ3v) is 1.08. The van der Waals surface area contributed by atoms with Crippen LogP contribution in [0.5, 0.6) is 0 Å². The molecule has 0 aliphatic rings. The Labute approximate surface area is 81.2 Å². The normalized spacial score (nSPS) is 8.11. The Balaban J connectivity index is 0.000000640. The number of hydrogen-bond acceptors (Lipinski definition) is 2. The largest absolute Gasteiger partial charge is 1.00 e. The monoisotopic (exact) mass is 150 g/mol. The predicted molar refractivity (Wildman–Crippen MR) is 32.7 cm³/mol. The van der Waals surface area contributed by atoms with Crippen molar-refractivity contribution in [2.24, 2.45) is 0 Å². The maximum atomic E-state index is 10.3. The van der Waals surface area contributed by atoms with Crippen molar-refractivity contribution in [2.45, 2.75) is 4.90 Å². The molecule has 0 unspecified atom stereocenters. The summed E-state index contributed by atoms with van der Waals surface area (Å²) < 4.78 is 0.722. The van der Waals surface area contributed by atoms with E-state index in [4.69, 9.17) is 0 Å². The van der Waals surface area contributed by atoms with Crippen LogP contribution in [-0.2, 0) is 0 Å². The van der Waals surface area contributed by atoms with Gasteiger partial charge < -0.3 is 5.21 Å². The van der Waals surface area contributed by atoms with E-state index in [2.05, 4.69) is 12.6 Å². The van der Waals surface area contributed by atoms with Gasteiger partial charge in [-0.2, -0.15) is 4.73 Å². The molecule has 0 amide bonds. The first kappa shape index (κ1) is 9.30. The van der Waals surface area contributed by atoms with Crippen molar-refractivity contribution in [2.75, 3.05) is 0 Å². The summed E-state index contributed by atoms with van der Waals surface area (Å²) >= 11 is 3.98. The van der Waals surface area contributed by atoms with Gasteiger partial charge in [0, 0.05) is 17.0 Å². The number of thiol groups is 1. The topological polar surface area (TPSA) is 26.9 Å². The van der Waals surface area contributed by atoms with Crippen LogP contribution < -0.4 is 34.3 Å². The third-order valence-electron chi connectivity index (χ3n) is 0.784. The first-order chi connectivity index (χ1) is 3.79. The average Bonchev–Trinajstić information content (AvgIpc) is 1.77. The van der Waals surface area contributed by atoms with E-state index in [-0.39, 0.29) is 29.6 Å². The van der Waals surface area contributed by atoms with E-state index in [0.29, 0.717) is 0 Å². The van der Waals surface area contributed by atoms with Crippen LogP contribution in [-0.4, -0.2) is 0 Å². The van der Waals surface area contributed by atoms with E-state index in [1.807, 2.05) is 0 Å². The van der Waals surface area contributed by atoms with Crippen LogP contribution in [0.4, 0.5) is 0 Å². The van der Waals surface area contributed by atoms with Gasteiger partial charge in [-0.25, -0.2) is 0 Å². The van der Waals surface area contributed by atoms with Crippen molar-refractivity contribution >= 4 is 12.6 Å². The first-order valence-corrected chi connectivity index (χ1v) is 2.61. The van der Waals surface area contributed by atoms with Crippen molar-refractivity contribution < 1.29 is 34.3 Å². The zero-order valence-corrected chi connectivity index (χ0v) is 8.01. The number of aromatic nitrogens is 1. The van der Waals surface area contributed by atoms with Gasteiger partial charge in [-0.05, 0) is 0 Å². The van der Waals surface area contributed by atoms with Crippen LogP contribution in [0.15, 0.2) is 29.4 Å². The molecular weight excluding hydrogens is 145 g/mol. The minimum atomic E-state index is 0. The summed E-state index contributed by atoms with van der Waals surface area (Å²) in [4.78, 5) is 0.803. The maximum Gasteiger partial charge on any atom is 1.00 e. The van der Waals surface area contributed by atoms with Gasteiger partial charge in [-0.15, -0.1) is 12.6 Å². The van der Waals surface area contributed by atoms with Crippen LogP contribution in [0, 0.1) is 5.21 Å². The van der Waals surface area contributed by atoms with E-state index in [9.17, 15) is 5.21 Å². The molecule has 4 heteroatoms. The summed E-state index contributed by atoms with van der Waals surface area (Å²) in [5, 5.41) is 10.3. The van der Waals surface area contributed by atoms with Crippen LogP contribution in [0.2, 0.25) is 0 Å². The van der Waals surface area contributed by atoms with Gasteiger partial charge in [0.25, 0.3) is 0 Å². The Morgan fingerprint density at radius 2 is 1.78 bits per heavy atom. The Morgan fingerprint density at radius 3 is 2.11 bits per heavy atom. The molecule has 1 heterocycles. The second kappa shape index (κ2) is 4.17. The number of pyridine rings is 1. The molecule has 9 heavy (non-hydrogen) atoms. The molecular formula is C5H5NNaOS+. The van der Waals surface area contributed by atoms with Gasteiger partial charge in [0.05, 0.1) is 0 Å². The van der Waals surface area contributed by atoms with E-state index >= 15 is 0 Å². The molecule has 0 aliphatic heterocycles. The molecule has 1 aromatic heterocycles. The minimum absolute atomic E-state index is 0. The third kappa shape index (κ3) is 3.11. The molecule has 0 spiro atoms. The average molecular weight is 150 g/mol. The van der Waals surface area contributed by atoms with Gasteiger partial charge in [0.2, 0.25) is 0 Å². The molecule has 0 fully saturated rings. The first-order valence-electron chi connectivity index (χ1n) is 2.17. The molecule has 0 saturated heterocycles. The van der Waals surface area contributed by atoms with Gasteiger partial charge in [-0.1, -0.05) is 0 Å². The minimum Gasteiger partial charge on any atom is -0.619 e. The number of hydrogen-bond donors (Lipinski definition) is 1. The van der Waals surface area contributed by atoms with Crippen LogP contribution in [0.25, 0.3) is 0 Å². The van der Waals surface area contributed by atoms with Crippen molar-refractivity contribution in [3.63, 3.8) is 0 Å². The molecule has 1 rings (SSSR count). The molecule has 2 nitrogen and oxygen atoms in total. The van der Waals surface area contributed by atoms with Gasteiger partial charge >= 0.3 is 29.6 Å². The molecule has 1 aromatic rings. The fourth-order valence-corrected chi connectivity index (χ4v) is 0.538. The Bertz CT molecular complexity index is 156. The Kier molecular flexibility index (Phi) is 4.31. The molecule has 0 atom stereocenters. The molecule has 0 saturated carbocycles. The van der Waals surface area contributed by atoms with Gasteiger partial charge in [-0.3, -0.25) is 0 Å². The fraction of sp³-hybridized carbons (Fsp3) is 0. The van der Waals surface area contributed by atoms with Crippen molar-refractivity contribution in [1.82, 2.24) is 0 Å². The molecule has 0 radical (unpaired) electrons. The van der Waals surface area contributed by atoms with Crippen LogP contribution >= 0.6 is 12.6 Å². The van der Waals surface area contributed by atoms with Crippen LogP contribution in [0.3, 0.4) is 0 Å². The summed E-state index contributed by atoms with van der Waals surface area (Å²) in [6.07, 6.45) is 2.81. The number of rotatable bonds is 0. The molecule has 0 aliphatic carbocycles. The van der Waals surface area contributed by atoms with Crippen LogP contribution in [0.1, 0.15) is 0 Å². The summed E-state index contributed by atoms with van der Waals surface area (Å²) in [6.45, 7) is 0. The zero-order chi connectivity index (χ0) is 5.98. The second-order valence-electron chi connectivity index (χ2n) is 1.42. The van der Waals surface area contributed by atoms with Crippen molar-refractivity contribution in [3.8, 4) is 0 Å². The molecule has 0 N–H and O–H groups in total. The smallest absolute Gasteiger partial charge is 0.619 e. The van der Waals surface area contributed by atoms with E-state index in [1.165, 1.54) is 12.4 Å². The zero-order valence-electron chi connectivity index (χ0n) is 5.11. The SMILES string of the molecule is [Na+].[O-][n+]1ccc(S)cc1. The molecule has 0 bridgehead atoms. The fourth-order valence-electron chi connectivity index (χ4n) is 0.405. The van der Waals surface area contributed by atoms with E-state index in [0.717, 1.165) is 9.63 Å². The standard InChI is InChI=1S/C5H5NOS.Na/c7-6-3-1-5(8)2-4-6;/h1-4,8H;/q;+1. The van der Waals surface area contributed by atoms with Crippen molar-refractivity contribution in [3.05, 3.63) is 29.7 Å². The van der Waals surface area contributed by atoms with E-state index < -0.39 is 0 Å². The van der Waals surface area contributed by atoms with E-state index in [1.54, 1.807) is 12.1 Å². The molecule has 42 valence electrons. The second-order valence-corrected chi connectivity index (χ2v) is 1.93.